The molecular weight excluding hydrogens is 368 g/mol. The zero-order valence-corrected chi connectivity index (χ0v) is 15.7. The fourth-order valence-electron chi connectivity index (χ4n) is 2.25. The van der Waals surface area contributed by atoms with Gasteiger partial charge in [0.1, 0.15) is 5.75 Å². The van der Waals surface area contributed by atoms with E-state index in [4.69, 9.17) is 4.74 Å². The van der Waals surface area contributed by atoms with E-state index in [9.17, 15) is 4.79 Å². The lowest BCUT2D eigenvalue weighted by atomic mass is 10.1. The van der Waals surface area contributed by atoms with Crippen LogP contribution in [0.4, 0.5) is 5.69 Å². The molecule has 0 bridgehead atoms. The van der Waals surface area contributed by atoms with Gasteiger partial charge in [-0.05, 0) is 55.3 Å². The lowest BCUT2D eigenvalue weighted by molar-refractivity contribution is -0.116. The van der Waals surface area contributed by atoms with Crippen LogP contribution in [0.1, 0.15) is 17.5 Å². The van der Waals surface area contributed by atoms with Gasteiger partial charge >= 0.3 is 0 Å². The zero-order valence-electron chi connectivity index (χ0n) is 14.1. The number of rotatable bonds is 8. The van der Waals surface area contributed by atoms with Crippen LogP contribution in [0.15, 0.2) is 46.9 Å². The lowest BCUT2D eigenvalue weighted by Gasteiger charge is -2.08. The Labute approximate surface area is 151 Å². The first kappa shape index (κ1) is 18.5. The summed E-state index contributed by atoms with van der Waals surface area (Å²) < 4.78 is 6.14. The molecule has 2 rings (SSSR count). The Morgan fingerprint density at radius 1 is 1.12 bits per heavy atom. The maximum atomic E-state index is 11.9. The Bertz CT molecular complexity index is 672. The third-order valence-electron chi connectivity index (χ3n) is 3.73. The van der Waals surface area contributed by atoms with E-state index in [1.165, 1.54) is 5.56 Å². The number of aryl methyl sites for hydroxylation is 1. The third kappa shape index (κ3) is 5.98. The zero-order chi connectivity index (χ0) is 17.4. The molecule has 0 atom stereocenters. The molecule has 128 valence electrons. The van der Waals surface area contributed by atoms with Crippen LogP contribution in [0.25, 0.3) is 0 Å². The smallest absolute Gasteiger partial charge is 0.225 e. The van der Waals surface area contributed by atoms with E-state index < -0.39 is 0 Å². The summed E-state index contributed by atoms with van der Waals surface area (Å²) in [5.41, 5.74) is 3.21. The highest BCUT2D eigenvalue weighted by atomic mass is 79.9. The van der Waals surface area contributed by atoms with Gasteiger partial charge in [-0.2, -0.15) is 0 Å². The topological polar surface area (TPSA) is 50.4 Å². The molecule has 0 heterocycles. The van der Waals surface area contributed by atoms with Gasteiger partial charge in [-0.15, -0.1) is 0 Å². The Kier molecular flexibility index (Phi) is 7.28. The van der Waals surface area contributed by atoms with Crippen molar-refractivity contribution in [2.24, 2.45) is 0 Å². The fraction of sp³-hybridized carbons (Fsp3) is 0.316. The van der Waals surface area contributed by atoms with Gasteiger partial charge in [-0.25, -0.2) is 0 Å². The molecule has 0 fully saturated rings. The first-order chi connectivity index (χ1) is 11.6. The molecule has 2 N–H and O–H groups in total. The quantitative estimate of drug-likeness (QED) is 0.671. The minimum absolute atomic E-state index is 0.0164. The van der Waals surface area contributed by atoms with Crippen LogP contribution in [0.2, 0.25) is 0 Å². The monoisotopic (exact) mass is 390 g/mol. The summed E-state index contributed by atoms with van der Waals surface area (Å²) in [6, 6.07) is 13.8. The summed E-state index contributed by atoms with van der Waals surface area (Å²) in [6.45, 7) is 3.52. The number of hydrogen-bond acceptors (Lipinski definition) is 3. The number of ether oxygens (including phenoxy) is 1. The molecule has 1 amide bonds. The van der Waals surface area contributed by atoms with Crippen LogP contribution >= 0.6 is 15.9 Å². The van der Waals surface area contributed by atoms with Crippen molar-refractivity contribution in [2.75, 3.05) is 25.5 Å². The predicted molar refractivity (Wildman–Crippen MR) is 102 cm³/mol. The van der Waals surface area contributed by atoms with Crippen molar-refractivity contribution in [1.82, 2.24) is 5.32 Å². The van der Waals surface area contributed by atoms with Crippen LogP contribution in [0.3, 0.4) is 0 Å². The molecule has 0 aliphatic carbocycles. The summed E-state index contributed by atoms with van der Waals surface area (Å²) in [5.74, 6) is 0.883. The number of halogens is 1. The summed E-state index contributed by atoms with van der Waals surface area (Å²) in [4.78, 5) is 11.9. The van der Waals surface area contributed by atoms with E-state index >= 15 is 0 Å². The highest BCUT2D eigenvalue weighted by Gasteiger charge is 2.03. The number of methoxy groups -OCH3 is 1. The van der Waals surface area contributed by atoms with Crippen molar-refractivity contribution >= 4 is 27.5 Å². The molecule has 0 aromatic heterocycles. The molecule has 0 unspecified atom stereocenters. The number of carbonyl (C=O) groups excluding carboxylic acids is 1. The van der Waals surface area contributed by atoms with E-state index in [0.717, 1.165) is 34.4 Å². The number of amides is 1. The van der Waals surface area contributed by atoms with Crippen LogP contribution in [-0.2, 0) is 11.2 Å². The second kappa shape index (κ2) is 9.45. The summed E-state index contributed by atoms with van der Waals surface area (Å²) in [5, 5.41) is 6.21. The molecule has 0 radical (unpaired) electrons. The molecule has 0 saturated carbocycles. The maximum Gasteiger partial charge on any atom is 0.225 e. The molecular formula is C19H23BrN2O2. The highest BCUT2D eigenvalue weighted by Crippen LogP contribution is 2.20. The molecule has 2 aromatic carbocycles. The van der Waals surface area contributed by atoms with E-state index in [1.54, 1.807) is 7.11 Å². The summed E-state index contributed by atoms with van der Waals surface area (Å²) in [7, 11) is 1.66. The summed E-state index contributed by atoms with van der Waals surface area (Å²) >= 11 is 3.47. The molecule has 0 spiro atoms. The number of nitrogens with one attached hydrogen (secondary N) is 2. The van der Waals surface area contributed by atoms with Gasteiger partial charge in [0.05, 0.1) is 7.11 Å². The number of anilines is 1. The average Bonchev–Trinajstić information content (AvgIpc) is 2.58. The molecule has 0 aliphatic heterocycles. The number of benzene rings is 2. The van der Waals surface area contributed by atoms with Gasteiger partial charge < -0.3 is 15.4 Å². The minimum Gasteiger partial charge on any atom is -0.497 e. The van der Waals surface area contributed by atoms with E-state index in [0.29, 0.717) is 13.0 Å². The van der Waals surface area contributed by atoms with Gasteiger partial charge in [0.25, 0.3) is 0 Å². The van der Waals surface area contributed by atoms with Crippen molar-refractivity contribution in [1.29, 1.82) is 0 Å². The number of carbonyl (C=O) groups is 1. The Hall–Kier alpha value is -1.85. The van der Waals surface area contributed by atoms with Crippen LogP contribution in [0, 0.1) is 6.92 Å². The second-order valence-electron chi connectivity index (χ2n) is 5.61. The Balaban J connectivity index is 1.64. The van der Waals surface area contributed by atoms with E-state index in [2.05, 4.69) is 38.7 Å². The number of hydrogen-bond donors (Lipinski definition) is 2. The van der Waals surface area contributed by atoms with Crippen molar-refractivity contribution in [2.45, 2.75) is 19.8 Å². The normalized spacial score (nSPS) is 10.5. The molecule has 4 nitrogen and oxygen atoms in total. The van der Waals surface area contributed by atoms with Gasteiger partial charge in [-0.1, -0.05) is 34.1 Å². The van der Waals surface area contributed by atoms with Crippen LogP contribution in [0.5, 0.6) is 5.75 Å². The SMILES string of the molecule is COc1ccc(CCNCCC(=O)Nc2ccc(C)c(Br)c2)cc1. The Morgan fingerprint density at radius 2 is 1.88 bits per heavy atom. The summed E-state index contributed by atoms with van der Waals surface area (Å²) in [6.07, 6.45) is 1.38. The highest BCUT2D eigenvalue weighted by molar-refractivity contribution is 9.10. The van der Waals surface area contributed by atoms with Crippen molar-refractivity contribution in [3.05, 3.63) is 58.1 Å². The molecule has 0 aliphatic rings. The Morgan fingerprint density at radius 3 is 2.54 bits per heavy atom. The van der Waals surface area contributed by atoms with Crippen LogP contribution < -0.4 is 15.4 Å². The molecule has 2 aromatic rings. The van der Waals surface area contributed by atoms with Crippen LogP contribution in [-0.4, -0.2) is 26.1 Å². The average molecular weight is 391 g/mol. The fourth-order valence-corrected chi connectivity index (χ4v) is 2.62. The molecule has 24 heavy (non-hydrogen) atoms. The third-order valence-corrected chi connectivity index (χ3v) is 4.59. The van der Waals surface area contributed by atoms with Gasteiger partial charge in [0.15, 0.2) is 0 Å². The second-order valence-corrected chi connectivity index (χ2v) is 6.46. The first-order valence-electron chi connectivity index (χ1n) is 7.98. The largest absolute Gasteiger partial charge is 0.497 e. The first-order valence-corrected chi connectivity index (χ1v) is 8.77. The maximum absolute atomic E-state index is 11.9. The van der Waals surface area contributed by atoms with E-state index in [1.807, 2.05) is 37.3 Å². The van der Waals surface area contributed by atoms with Crippen molar-refractivity contribution in [3.8, 4) is 5.75 Å². The van der Waals surface area contributed by atoms with Gasteiger partial charge in [0, 0.05) is 23.1 Å². The van der Waals surface area contributed by atoms with Crippen molar-refractivity contribution in [3.63, 3.8) is 0 Å². The van der Waals surface area contributed by atoms with Gasteiger partial charge in [-0.3, -0.25) is 4.79 Å². The van der Waals surface area contributed by atoms with Crippen molar-refractivity contribution < 1.29 is 9.53 Å². The van der Waals surface area contributed by atoms with E-state index in [-0.39, 0.29) is 5.91 Å². The lowest BCUT2D eigenvalue weighted by Crippen LogP contribution is -2.23. The molecule has 5 heteroatoms. The van der Waals surface area contributed by atoms with Gasteiger partial charge in [0.2, 0.25) is 5.91 Å². The minimum atomic E-state index is 0.0164. The predicted octanol–water partition coefficient (Wildman–Crippen LogP) is 3.93. The molecule has 0 saturated heterocycles. The standard InChI is InChI=1S/C19H23BrN2O2/c1-14-3-6-16(13-18(14)20)22-19(23)10-12-21-11-9-15-4-7-17(24-2)8-5-15/h3-8,13,21H,9-12H2,1-2H3,(H,22,23).